The summed E-state index contributed by atoms with van der Waals surface area (Å²) in [5, 5.41) is 3.23. The Labute approximate surface area is 169 Å². The third-order valence-corrected chi connectivity index (χ3v) is 6.84. The van der Waals surface area contributed by atoms with E-state index in [1.54, 1.807) is 13.8 Å². The van der Waals surface area contributed by atoms with E-state index in [2.05, 4.69) is 5.32 Å². The molecule has 1 saturated heterocycles. The van der Waals surface area contributed by atoms with E-state index in [0.717, 1.165) is 29.5 Å². The van der Waals surface area contributed by atoms with Crippen LogP contribution in [0.1, 0.15) is 13.8 Å². The maximum Gasteiger partial charge on any atom is 0.267 e. The van der Waals surface area contributed by atoms with Crippen molar-refractivity contribution >= 4 is 21.4 Å². The van der Waals surface area contributed by atoms with Crippen molar-refractivity contribution in [2.75, 3.05) is 41.9 Å². The SMILES string of the molecule is CC1(C)CN(S(=O)(=O)c2ccccc2F)c2cc(F)cc(N3CCNCC3)c2O1. The Kier molecular flexibility index (Phi) is 4.90. The number of hydrogen-bond donors (Lipinski definition) is 1. The molecule has 156 valence electrons. The van der Waals surface area contributed by atoms with E-state index in [9.17, 15) is 17.2 Å². The summed E-state index contributed by atoms with van der Waals surface area (Å²) in [6.07, 6.45) is 0. The Morgan fingerprint density at radius 2 is 1.72 bits per heavy atom. The van der Waals surface area contributed by atoms with E-state index >= 15 is 0 Å². The summed E-state index contributed by atoms with van der Waals surface area (Å²) in [5.74, 6) is -1.13. The van der Waals surface area contributed by atoms with Gasteiger partial charge in [-0.1, -0.05) is 12.1 Å². The van der Waals surface area contributed by atoms with Crippen LogP contribution < -0.4 is 19.3 Å². The van der Waals surface area contributed by atoms with Gasteiger partial charge >= 0.3 is 0 Å². The standard InChI is InChI=1S/C20H23F2N3O3S/c1-20(2)13-25(29(26,27)18-6-4-3-5-15(18)22)17-12-14(21)11-16(19(17)28-20)24-9-7-23-8-10-24/h3-6,11-12,23H,7-10,13H2,1-2H3. The van der Waals surface area contributed by atoms with E-state index < -0.39 is 32.2 Å². The van der Waals surface area contributed by atoms with E-state index in [1.165, 1.54) is 24.3 Å². The highest BCUT2D eigenvalue weighted by Gasteiger charge is 2.41. The molecule has 6 nitrogen and oxygen atoms in total. The van der Waals surface area contributed by atoms with E-state index in [-0.39, 0.29) is 12.2 Å². The molecule has 1 fully saturated rings. The first-order chi connectivity index (χ1) is 13.7. The second-order valence-electron chi connectivity index (χ2n) is 7.81. The molecule has 4 rings (SSSR count). The highest BCUT2D eigenvalue weighted by atomic mass is 32.2. The first-order valence-electron chi connectivity index (χ1n) is 9.44. The van der Waals surface area contributed by atoms with Crippen LogP contribution in [0.5, 0.6) is 5.75 Å². The number of fused-ring (bicyclic) bond motifs is 1. The van der Waals surface area contributed by atoms with Crippen LogP contribution in [0.15, 0.2) is 41.3 Å². The van der Waals surface area contributed by atoms with Crippen molar-refractivity contribution in [1.82, 2.24) is 5.32 Å². The Balaban J connectivity index is 1.89. The molecular weight excluding hydrogens is 400 g/mol. The number of nitrogens with zero attached hydrogens (tertiary/aromatic N) is 2. The maximum absolute atomic E-state index is 14.6. The van der Waals surface area contributed by atoms with E-state index in [0.29, 0.717) is 24.5 Å². The van der Waals surface area contributed by atoms with Crippen LogP contribution in [-0.4, -0.2) is 46.7 Å². The van der Waals surface area contributed by atoms with Gasteiger partial charge in [-0.25, -0.2) is 17.2 Å². The van der Waals surface area contributed by atoms with Crippen LogP contribution in [0.25, 0.3) is 0 Å². The van der Waals surface area contributed by atoms with Crippen LogP contribution in [0.3, 0.4) is 0 Å². The van der Waals surface area contributed by atoms with Crippen molar-refractivity contribution < 1.29 is 21.9 Å². The Morgan fingerprint density at radius 1 is 1.07 bits per heavy atom. The molecule has 0 aromatic heterocycles. The minimum Gasteiger partial charge on any atom is -0.482 e. The number of benzene rings is 2. The van der Waals surface area contributed by atoms with Crippen LogP contribution in [0.2, 0.25) is 0 Å². The fourth-order valence-corrected chi connectivity index (χ4v) is 5.40. The summed E-state index contributed by atoms with van der Waals surface area (Å²) in [7, 11) is -4.26. The first-order valence-corrected chi connectivity index (χ1v) is 10.9. The van der Waals surface area contributed by atoms with Gasteiger partial charge in [-0.3, -0.25) is 4.31 Å². The topological polar surface area (TPSA) is 61.9 Å². The third kappa shape index (κ3) is 3.64. The van der Waals surface area contributed by atoms with Crippen LogP contribution in [-0.2, 0) is 10.0 Å². The molecule has 2 aromatic carbocycles. The van der Waals surface area contributed by atoms with Gasteiger partial charge in [-0.05, 0) is 26.0 Å². The fourth-order valence-electron chi connectivity index (χ4n) is 3.72. The molecule has 29 heavy (non-hydrogen) atoms. The van der Waals surface area contributed by atoms with Crippen LogP contribution in [0, 0.1) is 11.6 Å². The average molecular weight is 423 g/mol. The maximum atomic E-state index is 14.6. The van der Waals surface area contributed by atoms with Gasteiger partial charge < -0.3 is 15.0 Å². The molecule has 0 unspecified atom stereocenters. The van der Waals surface area contributed by atoms with Crippen molar-refractivity contribution in [1.29, 1.82) is 0 Å². The highest BCUT2D eigenvalue weighted by Crippen LogP contribution is 2.46. The van der Waals surface area contributed by atoms with Gasteiger partial charge in [0.05, 0.1) is 17.9 Å². The lowest BCUT2D eigenvalue weighted by atomic mass is 10.1. The molecule has 0 atom stereocenters. The number of nitrogens with one attached hydrogen (secondary N) is 1. The van der Waals surface area contributed by atoms with E-state index in [4.69, 9.17) is 4.74 Å². The quantitative estimate of drug-likeness (QED) is 0.823. The van der Waals surface area contributed by atoms with E-state index in [1.807, 2.05) is 4.90 Å². The van der Waals surface area contributed by atoms with Crippen molar-refractivity contribution in [2.45, 2.75) is 24.3 Å². The Bertz CT molecular complexity index is 1040. The predicted octanol–water partition coefficient (Wildman–Crippen LogP) is 2.74. The minimum atomic E-state index is -4.26. The van der Waals surface area contributed by atoms with Gasteiger partial charge in [0.15, 0.2) is 5.75 Å². The second kappa shape index (κ2) is 7.14. The van der Waals surface area contributed by atoms with Crippen LogP contribution >= 0.6 is 0 Å². The summed E-state index contributed by atoms with van der Waals surface area (Å²) in [5.41, 5.74) is -0.296. The lowest BCUT2D eigenvalue weighted by Gasteiger charge is -2.42. The van der Waals surface area contributed by atoms with Crippen molar-refractivity contribution in [2.24, 2.45) is 0 Å². The van der Waals surface area contributed by atoms with Crippen LogP contribution in [0.4, 0.5) is 20.2 Å². The van der Waals surface area contributed by atoms with Crippen molar-refractivity contribution in [3.05, 3.63) is 48.0 Å². The molecule has 2 aromatic rings. The number of anilines is 2. The largest absolute Gasteiger partial charge is 0.482 e. The molecule has 0 amide bonds. The van der Waals surface area contributed by atoms with Gasteiger partial charge in [0.1, 0.15) is 22.1 Å². The van der Waals surface area contributed by atoms with Gasteiger partial charge in [-0.15, -0.1) is 0 Å². The summed E-state index contributed by atoms with van der Waals surface area (Å²) in [6.45, 7) is 6.17. The summed E-state index contributed by atoms with van der Waals surface area (Å²) < 4.78 is 62.7. The number of piperazine rings is 1. The summed E-state index contributed by atoms with van der Waals surface area (Å²) in [4.78, 5) is 1.52. The highest BCUT2D eigenvalue weighted by molar-refractivity contribution is 7.92. The molecule has 9 heteroatoms. The lowest BCUT2D eigenvalue weighted by molar-refractivity contribution is 0.111. The lowest BCUT2D eigenvalue weighted by Crippen LogP contribution is -2.50. The molecule has 0 saturated carbocycles. The summed E-state index contributed by atoms with van der Waals surface area (Å²) >= 11 is 0. The molecule has 0 aliphatic carbocycles. The smallest absolute Gasteiger partial charge is 0.267 e. The molecule has 1 N–H and O–H groups in total. The number of sulfonamides is 1. The molecule has 0 radical (unpaired) electrons. The van der Waals surface area contributed by atoms with Gasteiger partial charge in [-0.2, -0.15) is 0 Å². The molecule has 2 heterocycles. The molecule has 2 aliphatic rings. The molecular formula is C20H23F2N3O3S. The first kappa shape index (κ1) is 19.9. The van der Waals surface area contributed by atoms with Crippen molar-refractivity contribution in [3.8, 4) is 5.75 Å². The Hall–Kier alpha value is -2.39. The second-order valence-corrected chi connectivity index (χ2v) is 9.64. The average Bonchev–Trinajstić information content (AvgIpc) is 2.67. The zero-order valence-electron chi connectivity index (χ0n) is 16.3. The normalized spacial score (nSPS) is 18.9. The molecule has 2 aliphatic heterocycles. The minimum absolute atomic E-state index is 0.0683. The number of ether oxygens (including phenoxy) is 1. The molecule has 0 spiro atoms. The fraction of sp³-hybridized carbons (Fsp3) is 0.400. The van der Waals surface area contributed by atoms with Gasteiger partial charge in [0.25, 0.3) is 10.0 Å². The number of hydrogen-bond acceptors (Lipinski definition) is 5. The zero-order valence-corrected chi connectivity index (χ0v) is 17.1. The number of halogens is 2. The third-order valence-electron chi connectivity index (χ3n) is 5.05. The zero-order chi connectivity index (χ0) is 20.8. The monoisotopic (exact) mass is 423 g/mol. The van der Waals surface area contributed by atoms with Gasteiger partial charge in [0, 0.05) is 38.3 Å². The summed E-state index contributed by atoms with van der Waals surface area (Å²) in [6, 6.07) is 7.68. The molecule has 0 bridgehead atoms. The number of rotatable bonds is 3. The predicted molar refractivity (Wildman–Crippen MR) is 107 cm³/mol. The van der Waals surface area contributed by atoms with Gasteiger partial charge in [0.2, 0.25) is 0 Å². The Morgan fingerprint density at radius 3 is 2.41 bits per heavy atom. The van der Waals surface area contributed by atoms with Crippen molar-refractivity contribution in [3.63, 3.8) is 0 Å².